The van der Waals surface area contributed by atoms with Crippen molar-refractivity contribution in [1.82, 2.24) is 0 Å². The van der Waals surface area contributed by atoms with E-state index >= 15 is 0 Å². The van der Waals surface area contributed by atoms with E-state index in [4.69, 9.17) is 9.47 Å². The highest BCUT2D eigenvalue weighted by Gasteiger charge is 2.59. The number of fused-ring (bicyclic) bond motifs is 5. The van der Waals surface area contributed by atoms with Crippen LogP contribution < -0.4 is 0 Å². The molecule has 0 aromatic rings. The lowest BCUT2D eigenvalue weighted by Crippen LogP contribution is -2.59. The van der Waals surface area contributed by atoms with E-state index in [2.05, 4.69) is 59.8 Å². The molecule has 0 aromatic carbocycles. The van der Waals surface area contributed by atoms with Gasteiger partial charge in [0.15, 0.2) is 0 Å². The van der Waals surface area contributed by atoms with Crippen LogP contribution in [-0.4, -0.2) is 70.3 Å². The molecule has 42 heavy (non-hydrogen) atoms. The number of hydrogen-bond donors (Lipinski definition) is 4. The van der Waals surface area contributed by atoms with Gasteiger partial charge in [0.1, 0.15) is 30.5 Å². The number of ether oxygens (including phenoxy) is 2. The standard InChI is InChI=1S/C36H60O6/c1-7-23(21(2)3)9-8-22(4)27-12-13-28-26-11-10-24-18-25(14-16-35(24,5)29(26)15-17-36(27,28)6)41-20-31-33(39)34(40)32(38)30(19-37)42-31/h8-10,21-23,25-34,37-40H,7,11-20H2,1-6H3/b9-8+/t22-,23-,25+,26+,27-,28+,29+,30-,31+,32-,33+,34+,35+,36-/m1/s1. The normalized spacial score (nSPS) is 47.1. The highest BCUT2D eigenvalue weighted by molar-refractivity contribution is 5.25. The van der Waals surface area contributed by atoms with E-state index in [9.17, 15) is 20.4 Å². The van der Waals surface area contributed by atoms with E-state index in [1.165, 1.54) is 38.5 Å². The molecular formula is C36H60O6. The Kier molecular flexibility index (Phi) is 10.0. The highest BCUT2D eigenvalue weighted by atomic mass is 16.6. The van der Waals surface area contributed by atoms with Crippen LogP contribution in [0.5, 0.6) is 0 Å². The van der Waals surface area contributed by atoms with Gasteiger partial charge in [0.2, 0.25) is 0 Å². The first-order valence-electron chi connectivity index (χ1n) is 17.2. The number of allylic oxidation sites excluding steroid dienone is 3. The van der Waals surface area contributed by atoms with E-state index in [1.54, 1.807) is 5.57 Å². The van der Waals surface area contributed by atoms with Crippen LogP contribution in [0, 0.1) is 52.3 Å². The van der Waals surface area contributed by atoms with Gasteiger partial charge in [-0.2, -0.15) is 0 Å². The molecule has 0 amide bonds. The van der Waals surface area contributed by atoms with Crippen molar-refractivity contribution in [2.24, 2.45) is 52.3 Å². The Morgan fingerprint density at radius 2 is 1.69 bits per heavy atom. The minimum atomic E-state index is -1.35. The second-order valence-electron chi connectivity index (χ2n) is 15.6. The van der Waals surface area contributed by atoms with Gasteiger partial charge in [-0.1, -0.05) is 65.3 Å². The summed E-state index contributed by atoms with van der Waals surface area (Å²) in [5.74, 6) is 5.17. The molecule has 6 heteroatoms. The Hall–Kier alpha value is -0.760. The summed E-state index contributed by atoms with van der Waals surface area (Å²) in [7, 11) is 0. The first-order chi connectivity index (χ1) is 19.9. The van der Waals surface area contributed by atoms with Crippen molar-refractivity contribution in [1.29, 1.82) is 0 Å². The summed E-state index contributed by atoms with van der Waals surface area (Å²) < 4.78 is 12.0. The van der Waals surface area contributed by atoms with Crippen LogP contribution in [0.4, 0.5) is 0 Å². The van der Waals surface area contributed by atoms with Gasteiger partial charge in [-0.15, -0.1) is 0 Å². The molecule has 0 bridgehead atoms. The minimum absolute atomic E-state index is 0.0587. The Bertz CT molecular complexity index is 976. The number of aliphatic hydroxyl groups is 4. The van der Waals surface area contributed by atoms with E-state index in [0.29, 0.717) is 23.2 Å². The van der Waals surface area contributed by atoms with Crippen molar-refractivity contribution in [3.63, 3.8) is 0 Å². The monoisotopic (exact) mass is 588 g/mol. The predicted molar refractivity (Wildman–Crippen MR) is 166 cm³/mol. The minimum Gasteiger partial charge on any atom is -0.394 e. The molecule has 3 saturated carbocycles. The van der Waals surface area contributed by atoms with Crippen LogP contribution in [0.3, 0.4) is 0 Å². The largest absolute Gasteiger partial charge is 0.394 e. The third-order valence-electron chi connectivity index (χ3n) is 13.2. The van der Waals surface area contributed by atoms with E-state index in [1.807, 2.05) is 0 Å². The lowest BCUT2D eigenvalue weighted by Gasteiger charge is -2.58. The summed E-state index contributed by atoms with van der Waals surface area (Å²) in [6.07, 6.45) is 13.0. The van der Waals surface area contributed by atoms with Crippen LogP contribution in [0.2, 0.25) is 0 Å². The summed E-state index contributed by atoms with van der Waals surface area (Å²) >= 11 is 0. The van der Waals surface area contributed by atoms with Crippen molar-refractivity contribution in [3.05, 3.63) is 23.8 Å². The molecule has 6 nitrogen and oxygen atoms in total. The van der Waals surface area contributed by atoms with Gasteiger partial charge in [-0.05, 0) is 110 Å². The molecule has 0 spiro atoms. The number of aliphatic hydroxyl groups excluding tert-OH is 4. The molecule has 4 N–H and O–H groups in total. The quantitative estimate of drug-likeness (QED) is 0.259. The molecule has 1 saturated heterocycles. The van der Waals surface area contributed by atoms with Crippen LogP contribution in [0.15, 0.2) is 23.8 Å². The first kappa shape index (κ1) is 32.6. The molecule has 5 rings (SSSR count). The summed E-state index contributed by atoms with van der Waals surface area (Å²) in [5.41, 5.74) is 2.24. The summed E-state index contributed by atoms with van der Waals surface area (Å²) in [4.78, 5) is 0. The molecule has 240 valence electrons. The fraction of sp³-hybridized carbons (Fsp3) is 0.889. The maximum Gasteiger partial charge on any atom is 0.111 e. The predicted octanol–water partition coefficient (Wildman–Crippen LogP) is 5.67. The van der Waals surface area contributed by atoms with Gasteiger partial charge in [0.25, 0.3) is 0 Å². The molecule has 1 heterocycles. The Labute approximate surface area is 255 Å². The number of hydrogen-bond acceptors (Lipinski definition) is 6. The van der Waals surface area contributed by atoms with Crippen LogP contribution in [-0.2, 0) is 9.47 Å². The molecular weight excluding hydrogens is 528 g/mol. The maximum absolute atomic E-state index is 10.4. The molecule has 14 atom stereocenters. The lowest BCUT2D eigenvalue weighted by molar-refractivity contribution is -0.242. The first-order valence-corrected chi connectivity index (χ1v) is 17.2. The zero-order valence-corrected chi connectivity index (χ0v) is 27.1. The van der Waals surface area contributed by atoms with Crippen molar-refractivity contribution < 1.29 is 29.9 Å². The van der Waals surface area contributed by atoms with Gasteiger partial charge in [0.05, 0.1) is 19.3 Å². The fourth-order valence-electron chi connectivity index (χ4n) is 10.5. The zero-order valence-electron chi connectivity index (χ0n) is 27.1. The smallest absolute Gasteiger partial charge is 0.111 e. The van der Waals surface area contributed by atoms with E-state index < -0.39 is 37.1 Å². The molecule has 1 aliphatic heterocycles. The molecule has 5 aliphatic rings. The number of rotatable bonds is 9. The molecule has 4 fully saturated rings. The summed E-state index contributed by atoms with van der Waals surface area (Å²) in [5, 5.41) is 40.2. The Balaban J connectivity index is 1.22. The van der Waals surface area contributed by atoms with E-state index in [-0.39, 0.29) is 18.1 Å². The van der Waals surface area contributed by atoms with Crippen LogP contribution in [0.1, 0.15) is 99.3 Å². The van der Waals surface area contributed by atoms with Crippen molar-refractivity contribution in [2.45, 2.75) is 136 Å². The van der Waals surface area contributed by atoms with E-state index in [0.717, 1.165) is 42.9 Å². The van der Waals surface area contributed by atoms with Crippen LogP contribution >= 0.6 is 0 Å². The lowest BCUT2D eigenvalue weighted by atomic mass is 9.47. The summed E-state index contributed by atoms with van der Waals surface area (Å²) in [6.45, 7) is 14.4. The van der Waals surface area contributed by atoms with Crippen molar-refractivity contribution >= 4 is 0 Å². The van der Waals surface area contributed by atoms with Gasteiger partial charge < -0.3 is 29.9 Å². The summed E-state index contributed by atoms with van der Waals surface area (Å²) in [6, 6.07) is 0. The van der Waals surface area contributed by atoms with Crippen molar-refractivity contribution in [2.75, 3.05) is 13.2 Å². The average Bonchev–Trinajstić information content (AvgIpc) is 3.33. The maximum atomic E-state index is 10.4. The third kappa shape index (κ3) is 5.83. The fourth-order valence-corrected chi connectivity index (χ4v) is 10.5. The Morgan fingerprint density at radius 3 is 2.38 bits per heavy atom. The van der Waals surface area contributed by atoms with Gasteiger partial charge in [-0.3, -0.25) is 0 Å². The zero-order chi connectivity index (χ0) is 30.4. The molecule has 0 aromatic heterocycles. The van der Waals surface area contributed by atoms with Gasteiger partial charge >= 0.3 is 0 Å². The topological polar surface area (TPSA) is 99.4 Å². The van der Waals surface area contributed by atoms with Crippen LogP contribution in [0.25, 0.3) is 0 Å². The Morgan fingerprint density at radius 1 is 0.952 bits per heavy atom. The van der Waals surface area contributed by atoms with Gasteiger partial charge in [0, 0.05) is 0 Å². The highest BCUT2D eigenvalue weighted by Crippen LogP contribution is 2.67. The second-order valence-corrected chi connectivity index (χ2v) is 15.6. The molecule has 4 aliphatic carbocycles. The van der Waals surface area contributed by atoms with Gasteiger partial charge in [-0.25, -0.2) is 0 Å². The SMILES string of the molecule is CC[C@H](/C=C/[C@@H](C)[C@H]1CC[C@H]2[C@@H]3CC=C4C[C@@H](OC[C@@H]5O[C@H](CO)[C@@H](O)[C@H](O)[C@H]5O)CC[C@]4(C)[C@H]3CC[C@]12C)C(C)C. The second kappa shape index (κ2) is 12.9. The van der Waals surface area contributed by atoms with Crippen molar-refractivity contribution in [3.8, 4) is 0 Å². The molecule has 0 radical (unpaired) electrons. The average molecular weight is 589 g/mol. The molecule has 0 unspecified atom stereocenters. The third-order valence-corrected chi connectivity index (χ3v) is 13.2.